The molecule has 0 saturated carbocycles. The fourth-order valence-corrected chi connectivity index (χ4v) is 1.80. The summed E-state index contributed by atoms with van der Waals surface area (Å²) in [4.78, 5) is 15.6. The first-order valence-corrected chi connectivity index (χ1v) is 5.34. The van der Waals surface area contributed by atoms with Gasteiger partial charge < -0.3 is 10.7 Å². The van der Waals surface area contributed by atoms with E-state index in [-0.39, 0.29) is 0 Å². The number of hydrogen-bond acceptors (Lipinski definition) is 4. The summed E-state index contributed by atoms with van der Waals surface area (Å²) in [7, 11) is 0. The average Bonchev–Trinajstić information content (AvgIpc) is 2.71. The highest BCUT2D eigenvalue weighted by molar-refractivity contribution is 6.29. The van der Waals surface area contributed by atoms with Crippen molar-refractivity contribution in [1.82, 2.24) is 19.9 Å². The molecule has 0 fully saturated rings. The van der Waals surface area contributed by atoms with Crippen molar-refractivity contribution in [3.8, 4) is 11.3 Å². The number of aromatic amines is 1. The number of nitrogen functional groups attached to an aromatic ring is 1. The molecule has 0 bridgehead atoms. The van der Waals surface area contributed by atoms with Gasteiger partial charge in [-0.2, -0.15) is 0 Å². The third-order valence-electron chi connectivity index (χ3n) is 2.40. The number of halogens is 1. The minimum atomic E-state index is 0.349. The Morgan fingerprint density at radius 1 is 1.24 bits per heavy atom. The standard InChI is InChI=1S/C11H8ClN5/c12-8-5-15-11-10(17-8)6(4-14-11)7-2-1-3-9(13)16-7/h1-5H,(H2,13,16)(H,14,15). The van der Waals surface area contributed by atoms with Crippen LogP contribution in [0.5, 0.6) is 0 Å². The maximum absolute atomic E-state index is 5.83. The van der Waals surface area contributed by atoms with Crippen LogP contribution in [-0.2, 0) is 0 Å². The number of hydrogen-bond donors (Lipinski definition) is 2. The molecular formula is C11H8ClN5. The van der Waals surface area contributed by atoms with Crippen molar-refractivity contribution in [1.29, 1.82) is 0 Å². The number of nitrogens with two attached hydrogens (primary N) is 1. The molecule has 3 N–H and O–H groups in total. The molecule has 0 unspecified atom stereocenters. The molecule has 3 rings (SSSR count). The Morgan fingerprint density at radius 2 is 2.12 bits per heavy atom. The summed E-state index contributed by atoms with van der Waals surface area (Å²) in [5, 5.41) is 0.349. The van der Waals surface area contributed by atoms with E-state index >= 15 is 0 Å². The molecule has 0 radical (unpaired) electrons. The molecule has 84 valence electrons. The molecule has 5 nitrogen and oxygen atoms in total. The summed E-state index contributed by atoms with van der Waals surface area (Å²) in [6.07, 6.45) is 3.29. The molecule has 0 amide bonds. The molecule has 3 aromatic heterocycles. The molecule has 0 aromatic carbocycles. The van der Waals surface area contributed by atoms with Gasteiger partial charge in [-0.1, -0.05) is 17.7 Å². The lowest BCUT2D eigenvalue weighted by Gasteiger charge is -1.99. The van der Waals surface area contributed by atoms with E-state index in [0.29, 0.717) is 22.1 Å². The average molecular weight is 246 g/mol. The predicted molar refractivity (Wildman–Crippen MR) is 66.5 cm³/mol. The largest absolute Gasteiger partial charge is 0.384 e. The molecule has 0 atom stereocenters. The number of anilines is 1. The number of fused-ring (bicyclic) bond motifs is 1. The number of rotatable bonds is 1. The van der Waals surface area contributed by atoms with Crippen LogP contribution in [0.4, 0.5) is 5.82 Å². The smallest absolute Gasteiger partial charge is 0.156 e. The lowest BCUT2D eigenvalue weighted by atomic mass is 10.2. The highest BCUT2D eigenvalue weighted by atomic mass is 35.5. The van der Waals surface area contributed by atoms with Crippen LogP contribution in [0.25, 0.3) is 22.4 Å². The topological polar surface area (TPSA) is 80.5 Å². The zero-order valence-corrected chi connectivity index (χ0v) is 9.44. The van der Waals surface area contributed by atoms with Gasteiger partial charge >= 0.3 is 0 Å². The molecule has 0 aliphatic heterocycles. The predicted octanol–water partition coefficient (Wildman–Crippen LogP) is 2.26. The van der Waals surface area contributed by atoms with E-state index in [4.69, 9.17) is 17.3 Å². The molecule has 0 spiro atoms. The Balaban J connectivity index is 2.27. The van der Waals surface area contributed by atoms with Crippen molar-refractivity contribution in [3.05, 3.63) is 35.7 Å². The Bertz CT molecular complexity index is 691. The lowest BCUT2D eigenvalue weighted by Crippen LogP contribution is -1.91. The summed E-state index contributed by atoms with van der Waals surface area (Å²) in [6.45, 7) is 0. The monoisotopic (exact) mass is 245 g/mol. The molecule has 3 aromatic rings. The van der Waals surface area contributed by atoms with Crippen molar-refractivity contribution >= 4 is 28.6 Å². The van der Waals surface area contributed by atoms with E-state index < -0.39 is 0 Å². The zero-order valence-electron chi connectivity index (χ0n) is 8.68. The van der Waals surface area contributed by atoms with E-state index in [9.17, 15) is 0 Å². The Hall–Kier alpha value is -2.14. The molecule has 6 heteroatoms. The van der Waals surface area contributed by atoms with Gasteiger partial charge in [-0.05, 0) is 12.1 Å². The van der Waals surface area contributed by atoms with Crippen LogP contribution in [0.1, 0.15) is 0 Å². The second-order valence-corrected chi connectivity index (χ2v) is 3.93. The summed E-state index contributed by atoms with van der Waals surface area (Å²) in [6, 6.07) is 5.44. The van der Waals surface area contributed by atoms with Crippen LogP contribution in [0.2, 0.25) is 5.15 Å². The van der Waals surface area contributed by atoms with Crippen LogP contribution in [0, 0.1) is 0 Å². The highest BCUT2D eigenvalue weighted by Gasteiger charge is 2.10. The van der Waals surface area contributed by atoms with E-state index in [1.807, 2.05) is 12.1 Å². The second-order valence-electron chi connectivity index (χ2n) is 3.54. The van der Waals surface area contributed by atoms with Crippen molar-refractivity contribution in [2.45, 2.75) is 0 Å². The molecule has 17 heavy (non-hydrogen) atoms. The first-order valence-electron chi connectivity index (χ1n) is 4.96. The van der Waals surface area contributed by atoms with E-state index in [1.54, 1.807) is 12.3 Å². The Labute approximate surface area is 102 Å². The Morgan fingerprint density at radius 3 is 2.94 bits per heavy atom. The summed E-state index contributed by atoms with van der Waals surface area (Å²) >= 11 is 5.83. The second kappa shape index (κ2) is 3.71. The molecule has 3 heterocycles. The van der Waals surface area contributed by atoms with Gasteiger partial charge in [0.25, 0.3) is 0 Å². The molecule has 0 aliphatic carbocycles. The van der Waals surface area contributed by atoms with Gasteiger partial charge in [0.15, 0.2) is 5.65 Å². The molecule has 0 saturated heterocycles. The molecular weight excluding hydrogens is 238 g/mol. The van der Waals surface area contributed by atoms with Gasteiger partial charge in [0, 0.05) is 11.8 Å². The van der Waals surface area contributed by atoms with Gasteiger partial charge in [0.1, 0.15) is 16.5 Å². The van der Waals surface area contributed by atoms with Crippen molar-refractivity contribution in [3.63, 3.8) is 0 Å². The third-order valence-corrected chi connectivity index (χ3v) is 2.58. The van der Waals surface area contributed by atoms with Gasteiger partial charge in [-0.3, -0.25) is 0 Å². The van der Waals surface area contributed by atoms with Crippen LogP contribution in [0.15, 0.2) is 30.6 Å². The molecule has 0 aliphatic rings. The number of nitrogens with zero attached hydrogens (tertiary/aromatic N) is 3. The van der Waals surface area contributed by atoms with Gasteiger partial charge in [0.2, 0.25) is 0 Å². The van der Waals surface area contributed by atoms with Gasteiger partial charge in [0.05, 0.1) is 11.9 Å². The van der Waals surface area contributed by atoms with Gasteiger partial charge in [-0.15, -0.1) is 0 Å². The number of H-pyrrole nitrogens is 1. The summed E-state index contributed by atoms with van der Waals surface area (Å²) in [5.41, 5.74) is 8.60. The number of aromatic nitrogens is 4. The summed E-state index contributed by atoms with van der Waals surface area (Å²) < 4.78 is 0. The first-order chi connectivity index (χ1) is 8.24. The fraction of sp³-hybridized carbons (Fsp3) is 0. The van der Waals surface area contributed by atoms with Crippen LogP contribution >= 0.6 is 11.6 Å². The lowest BCUT2D eigenvalue weighted by molar-refractivity contribution is 1.26. The van der Waals surface area contributed by atoms with E-state index in [1.165, 1.54) is 6.20 Å². The fourth-order valence-electron chi connectivity index (χ4n) is 1.67. The quantitative estimate of drug-likeness (QED) is 0.689. The highest BCUT2D eigenvalue weighted by Crippen LogP contribution is 2.25. The maximum Gasteiger partial charge on any atom is 0.156 e. The normalized spacial score (nSPS) is 10.9. The van der Waals surface area contributed by atoms with E-state index in [2.05, 4.69) is 19.9 Å². The zero-order chi connectivity index (χ0) is 11.8. The minimum absolute atomic E-state index is 0.349. The van der Waals surface area contributed by atoms with Crippen LogP contribution in [0.3, 0.4) is 0 Å². The number of nitrogens with one attached hydrogen (secondary N) is 1. The maximum atomic E-state index is 5.83. The van der Waals surface area contributed by atoms with Crippen LogP contribution in [-0.4, -0.2) is 19.9 Å². The summed E-state index contributed by atoms with van der Waals surface area (Å²) in [5.74, 6) is 0.465. The van der Waals surface area contributed by atoms with Crippen molar-refractivity contribution in [2.75, 3.05) is 5.73 Å². The van der Waals surface area contributed by atoms with E-state index in [0.717, 1.165) is 11.3 Å². The number of pyridine rings is 1. The first kappa shape index (κ1) is 10.0. The van der Waals surface area contributed by atoms with Gasteiger partial charge in [-0.25, -0.2) is 15.0 Å². The van der Waals surface area contributed by atoms with Crippen LogP contribution < -0.4 is 5.73 Å². The van der Waals surface area contributed by atoms with Crippen molar-refractivity contribution in [2.24, 2.45) is 0 Å². The minimum Gasteiger partial charge on any atom is -0.384 e. The Kier molecular flexibility index (Phi) is 2.19. The SMILES string of the molecule is Nc1cccc(-c2c[nH]c3ncc(Cl)nc23)n1. The third kappa shape index (κ3) is 1.70. The van der Waals surface area contributed by atoms with Crippen molar-refractivity contribution < 1.29 is 0 Å².